The van der Waals surface area contributed by atoms with Gasteiger partial charge in [-0.15, -0.1) is 0 Å². The summed E-state index contributed by atoms with van der Waals surface area (Å²) >= 11 is 6.55. The minimum atomic E-state index is -0.472. The monoisotopic (exact) mass is 385 g/mol. The summed E-state index contributed by atoms with van der Waals surface area (Å²) in [4.78, 5) is 12.0. The van der Waals surface area contributed by atoms with E-state index in [0.29, 0.717) is 10.0 Å². The van der Waals surface area contributed by atoms with Crippen LogP contribution < -0.4 is 5.32 Å². The van der Waals surface area contributed by atoms with Gasteiger partial charge in [-0.3, -0.25) is 4.79 Å². The van der Waals surface area contributed by atoms with Gasteiger partial charge < -0.3 is 5.32 Å². The zero-order chi connectivity index (χ0) is 13.8. The maximum Gasteiger partial charge on any atom is 0.255 e. The van der Waals surface area contributed by atoms with Gasteiger partial charge in [0.15, 0.2) is 0 Å². The van der Waals surface area contributed by atoms with Crippen LogP contribution in [-0.4, -0.2) is 5.91 Å². The predicted octanol–water partition coefficient (Wildman–Crippen LogP) is 4.74. The van der Waals surface area contributed by atoms with Gasteiger partial charge in [0, 0.05) is 15.4 Å². The van der Waals surface area contributed by atoms with Crippen LogP contribution in [0.1, 0.15) is 15.9 Å². The summed E-state index contributed by atoms with van der Waals surface area (Å²) in [5, 5.41) is 3.29. The van der Waals surface area contributed by atoms with E-state index < -0.39 is 5.82 Å². The van der Waals surface area contributed by atoms with Crippen LogP contribution in [0.25, 0.3) is 0 Å². The molecule has 0 heterocycles. The number of benzene rings is 2. The van der Waals surface area contributed by atoms with Crippen molar-refractivity contribution in [3.8, 4) is 0 Å². The Morgan fingerprint density at radius 1 is 1.16 bits per heavy atom. The molecule has 0 bridgehead atoms. The highest BCUT2D eigenvalue weighted by Crippen LogP contribution is 2.25. The van der Waals surface area contributed by atoms with Gasteiger partial charge in [0.05, 0.1) is 5.69 Å². The van der Waals surface area contributed by atoms with Crippen molar-refractivity contribution in [3.63, 3.8) is 0 Å². The molecule has 5 heteroatoms. The number of alkyl halides is 1. The quantitative estimate of drug-likeness (QED) is 0.758. The molecular weight excluding hydrogens is 377 g/mol. The minimum Gasteiger partial charge on any atom is -0.319 e. The molecule has 1 N–H and O–H groups in total. The lowest BCUT2D eigenvalue weighted by molar-refractivity contribution is 0.102. The second-order valence-electron chi connectivity index (χ2n) is 3.88. The molecule has 0 aliphatic heterocycles. The van der Waals surface area contributed by atoms with Crippen molar-refractivity contribution in [2.75, 3.05) is 5.32 Å². The van der Waals surface area contributed by atoms with Gasteiger partial charge >= 0.3 is 0 Å². The summed E-state index contributed by atoms with van der Waals surface area (Å²) < 4.78 is 14.1. The molecule has 0 atom stereocenters. The Morgan fingerprint density at radius 3 is 2.42 bits per heavy atom. The third-order valence-electron chi connectivity index (χ3n) is 2.57. The lowest BCUT2D eigenvalue weighted by atomic mass is 10.1. The topological polar surface area (TPSA) is 29.1 Å². The molecule has 2 nitrogen and oxygen atoms in total. The van der Waals surface area contributed by atoms with Gasteiger partial charge in [0.2, 0.25) is 0 Å². The molecule has 2 aromatic carbocycles. The summed E-state index contributed by atoms with van der Waals surface area (Å²) in [7, 11) is 0. The molecule has 0 fully saturated rings. The number of carbonyl (C=O) groups excluding carboxylic acids is 1. The molecule has 0 saturated carbocycles. The van der Waals surface area contributed by atoms with E-state index in [1.807, 2.05) is 12.1 Å². The average molecular weight is 387 g/mol. The Hall–Kier alpha value is -1.20. The number of para-hydroxylation sites is 1. The molecule has 2 rings (SSSR count). The molecule has 98 valence electrons. The van der Waals surface area contributed by atoms with Crippen molar-refractivity contribution < 1.29 is 9.18 Å². The predicted molar refractivity (Wildman–Crippen MR) is 81.1 cm³/mol. The molecule has 0 unspecified atom stereocenters. The van der Waals surface area contributed by atoms with E-state index in [9.17, 15) is 9.18 Å². The highest BCUT2D eigenvalue weighted by Gasteiger charge is 2.11. The van der Waals surface area contributed by atoms with Gasteiger partial charge in [0.25, 0.3) is 5.91 Å². The molecule has 19 heavy (non-hydrogen) atoms. The first-order valence-corrected chi connectivity index (χ1v) is 7.43. The second-order valence-corrected chi connectivity index (χ2v) is 5.30. The zero-order valence-electron chi connectivity index (χ0n) is 9.79. The summed E-state index contributed by atoms with van der Waals surface area (Å²) in [6.07, 6.45) is 0. The zero-order valence-corrected chi connectivity index (χ0v) is 13.0. The summed E-state index contributed by atoms with van der Waals surface area (Å²) in [5.41, 5.74) is 1.71. The van der Waals surface area contributed by atoms with Crippen LogP contribution in [-0.2, 0) is 5.33 Å². The molecule has 1 amide bonds. The molecule has 0 saturated heterocycles. The van der Waals surface area contributed by atoms with E-state index in [1.165, 1.54) is 6.07 Å². The number of anilines is 1. The first-order valence-electron chi connectivity index (χ1n) is 5.52. The van der Waals surface area contributed by atoms with Gasteiger partial charge in [-0.05, 0) is 45.8 Å². The Labute approximate surface area is 127 Å². The summed E-state index contributed by atoms with van der Waals surface area (Å²) in [5.74, 6) is -0.813. The number of halogens is 3. The van der Waals surface area contributed by atoms with Gasteiger partial charge in [-0.25, -0.2) is 4.39 Å². The van der Waals surface area contributed by atoms with Crippen LogP contribution in [0.3, 0.4) is 0 Å². The largest absolute Gasteiger partial charge is 0.319 e. The highest BCUT2D eigenvalue weighted by atomic mass is 79.9. The molecule has 0 aliphatic rings. The normalized spacial score (nSPS) is 10.3. The Morgan fingerprint density at radius 2 is 1.84 bits per heavy atom. The van der Waals surface area contributed by atoms with E-state index in [1.54, 1.807) is 24.3 Å². The fourth-order valence-corrected chi connectivity index (χ4v) is 2.36. The number of amides is 1. The van der Waals surface area contributed by atoms with Crippen LogP contribution in [0.15, 0.2) is 46.9 Å². The van der Waals surface area contributed by atoms with E-state index >= 15 is 0 Å². The van der Waals surface area contributed by atoms with Crippen LogP contribution >= 0.6 is 31.9 Å². The fourth-order valence-electron chi connectivity index (χ4n) is 1.55. The van der Waals surface area contributed by atoms with Crippen LogP contribution in [0, 0.1) is 5.82 Å². The van der Waals surface area contributed by atoms with E-state index in [0.717, 1.165) is 10.9 Å². The van der Waals surface area contributed by atoms with E-state index in [2.05, 4.69) is 37.2 Å². The third kappa shape index (κ3) is 3.42. The van der Waals surface area contributed by atoms with Gasteiger partial charge in [0.1, 0.15) is 5.82 Å². The van der Waals surface area contributed by atoms with E-state index in [4.69, 9.17) is 0 Å². The standard InChI is InChI=1S/C14H10Br2FNO/c15-8-9-4-6-10(7-5-9)14(19)18-13-11(16)2-1-3-12(13)17/h1-7H,8H2,(H,18,19). The van der Waals surface area contributed by atoms with Gasteiger partial charge in [-0.2, -0.15) is 0 Å². The van der Waals surface area contributed by atoms with Crippen molar-refractivity contribution in [3.05, 3.63) is 63.9 Å². The summed E-state index contributed by atoms with van der Waals surface area (Å²) in [6, 6.07) is 11.7. The molecule has 0 aromatic heterocycles. The van der Waals surface area contributed by atoms with Crippen molar-refractivity contribution >= 4 is 43.5 Å². The average Bonchev–Trinajstić information content (AvgIpc) is 2.43. The molecular formula is C14H10Br2FNO. The molecule has 0 spiro atoms. The Kier molecular flexibility index (Phi) is 4.71. The Bertz CT molecular complexity index is 579. The number of hydrogen-bond donors (Lipinski definition) is 1. The fraction of sp³-hybridized carbons (Fsp3) is 0.0714. The lowest BCUT2D eigenvalue weighted by Gasteiger charge is -2.08. The van der Waals surface area contributed by atoms with Crippen molar-refractivity contribution in [2.24, 2.45) is 0 Å². The number of nitrogens with one attached hydrogen (secondary N) is 1. The molecule has 0 radical (unpaired) electrons. The first-order chi connectivity index (χ1) is 9.11. The van der Waals surface area contributed by atoms with Crippen LogP contribution in [0.2, 0.25) is 0 Å². The second kappa shape index (κ2) is 6.30. The smallest absolute Gasteiger partial charge is 0.255 e. The highest BCUT2D eigenvalue weighted by molar-refractivity contribution is 9.10. The maximum atomic E-state index is 13.6. The van der Waals surface area contributed by atoms with Crippen molar-refractivity contribution in [1.82, 2.24) is 0 Å². The molecule has 2 aromatic rings. The first kappa shape index (κ1) is 14.2. The lowest BCUT2D eigenvalue weighted by Crippen LogP contribution is -2.13. The number of carbonyl (C=O) groups is 1. The maximum absolute atomic E-state index is 13.6. The van der Waals surface area contributed by atoms with E-state index in [-0.39, 0.29) is 11.6 Å². The van der Waals surface area contributed by atoms with Gasteiger partial charge in [-0.1, -0.05) is 34.1 Å². The SMILES string of the molecule is O=C(Nc1c(F)cccc1Br)c1ccc(CBr)cc1. The van der Waals surface area contributed by atoms with Crippen LogP contribution in [0.4, 0.5) is 10.1 Å². The Balaban J connectivity index is 2.20. The molecule has 0 aliphatic carbocycles. The summed E-state index contributed by atoms with van der Waals surface area (Å²) in [6.45, 7) is 0. The van der Waals surface area contributed by atoms with Crippen molar-refractivity contribution in [1.29, 1.82) is 0 Å². The number of hydrogen-bond acceptors (Lipinski definition) is 1. The number of rotatable bonds is 3. The third-order valence-corrected chi connectivity index (χ3v) is 3.88. The van der Waals surface area contributed by atoms with Crippen LogP contribution in [0.5, 0.6) is 0 Å². The minimum absolute atomic E-state index is 0.150. The van der Waals surface area contributed by atoms with Crippen molar-refractivity contribution in [2.45, 2.75) is 5.33 Å².